The molecule has 1 aliphatic rings. The number of aryl methyl sites for hydroxylation is 1. The fourth-order valence-corrected chi connectivity index (χ4v) is 3.06. The Bertz CT molecular complexity index is 594. The average Bonchev–Trinajstić information content (AvgIpc) is 2.73. The second-order valence-corrected chi connectivity index (χ2v) is 6.20. The maximum atomic E-state index is 6.02. The second kappa shape index (κ2) is 4.49. The lowest BCUT2D eigenvalue weighted by Crippen LogP contribution is -2.37. The molecule has 2 heterocycles. The van der Waals surface area contributed by atoms with Gasteiger partial charge in [0.25, 0.3) is 0 Å². The first kappa shape index (κ1) is 12.4. The first-order chi connectivity index (χ1) is 9.03. The van der Waals surface area contributed by atoms with E-state index >= 15 is 0 Å². The number of para-hydroxylation sites is 1. The van der Waals surface area contributed by atoms with Gasteiger partial charge in [0, 0.05) is 23.5 Å². The predicted molar refractivity (Wildman–Crippen MR) is 76.8 cm³/mol. The highest BCUT2D eigenvalue weighted by molar-refractivity contribution is 7.09. The van der Waals surface area contributed by atoms with Crippen molar-refractivity contribution in [2.24, 2.45) is 0 Å². The number of rotatable bonds is 2. The largest absolute Gasteiger partial charge is 0.487 e. The van der Waals surface area contributed by atoms with Crippen molar-refractivity contribution in [2.75, 3.05) is 5.32 Å². The number of aromatic nitrogens is 2. The molecule has 0 bridgehead atoms. The topological polar surface area (TPSA) is 47.0 Å². The van der Waals surface area contributed by atoms with Crippen LogP contribution >= 0.6 is 11.5 Å². The average molecular weight is 275 g/mol. The maximum absolute atomic E-state index is 6.02. The van der Waals surface area contributed by atoms with Crippen LogP contribution in [0.2, 0.25) is 0 Å². The van der Waals surface area contributed by atoms with Crippen LogP contribution in [0.4, 0.5) is 5.13 Å². The van der Waals surface area contributed by atoms with Crippen LogP contribution in [0.15, 0.2) is 24.3 Å². The number of fused-ring (bicyclic) bond motifs is 1. The molecule has 2 aromatic rings. The quantitative estimate of drug-likeness (QED) is 0.910. The summed E-state index contributed by atoms with van der Waals surface area (Å²) in [7, 11) is 0. The Labute approximate surface area is 117 Å². The fraction of sp³-hybridized carbons (Fsp3) is 0.429. The standard InChI is InChI=1S/C14H17N3OS/c1-9-15-13(19-17-9)16-11-8-14(2,3)18-12-7-5-4-6-10(11)12/h4-7,11H,8H2,1-3H3,(H,15,16,17). The van der Waals surface area contributed by atoms with Crippen molar-refractivity contribution < 1.29 is 4.74 Å². The van der Waals surface area contributed by atoms with Gasteiger partial charge >= 0.3 is 0 Å². The first-order valence-electron chi connectivity index (χ1n) is 6.38. The third-order valence-electron chi connectivity index (χ3n) is 3.20. The molecule has 19 heavy (non-hydrogen) atoms. The van der Waals surface area contributed by atoms with Gasteiger partial charge in [0.2, 0.25) is 5.13 Å². The van der Waals surface area contributed by atoms with Gasteiger partial charge in [0.15, 0.2) is 0 Å². The van der Waals surface area contributed by atoms with E-state index in [2.05, 4.69) is 34.6 Å². The van der Waals surface area contributed by atoms with Gasteiger partial charge < -0.3 is 10.1 Å². The number of nitrogens with one attached hydrogen (secondary N) is 1. The van der Waals surface area contributed by atoms with E-state index < -0.39 is 0 Å². The lowest BCUT2D eigenvalue weighted by atomic mass is 9.90. The molecule has 0 spiro atoms. The van der Waals surface area contributed by atoms with Gasteiger partial charge in [-0.05, 0) is 26.8 Å². The first-order valence-corrected chi connectivity index (χ1v) is 7.16. The number of benzene rings is 1. The minimum atomic E-state index is -0.175. The van der Waals surface area contributed by atoms with Gasteiger partial charge in [0.05, 0.1) is 6.04 Å². The Hall–Kier alpha value is -1.62. The zero-order valence-corrected chi connectivity index (χ0v) is 12.1. The van der Waals surface area contributed by atoms with E-state index in [1.165, 1.54) is 17.1 Å². The van der Waals surface area contributed by atoms with Gasteiger partial charge in [0.1, 0.15) is 17.2 Å². The number of anilines is 1. The molecule has 100 valence electrons. The molecule has 0 fully saturated rings. The van der Waals surface area contributed by atoms with E-state index in [-0.39, 0.29) is 11.6 Å². The van der Waals surface area contributed by atoms with E-state index in [9.17, 15) is 0 Å². The monoisotopic (exact) mass is 275 g/mol. The Balaban J connectivity index is 1.92. The SMILES string of the molecule is Cc1nsc(NC2CC(C)(C)Oc3ccccc32)n1. The minimum Gasteiger partial charge on any atom is -0.487 e. The molecular formula is C14H17N3OS. The number of hydrogen-bond acceptors (Lipinski definition) is 5. The van der Waals surface area contributed by atoms with Gasteiger partial charge in [-0.25, -0.2) is 4.98 Å². The summed E-state index contributed by atoms with van der Waals surface area (Å²) in [6.07, 6.45) is 0.905. The fourth-order valence-electron chi connectivity index (χ4n) is 2.44. The lowest BCUT2D eigenvalue weighted by molar-refractivity contribution is 0.0759. The summed E-state index contributed by atoms with van der Waals surface area (Å²) in [6, 6.07) is 8.39. The van der Waals surface area contributed by atoms with Crippen LogP contribution in [0.3, 0.4) is 0 Å². The molecule has 0 saturated heterocycles. The smallest absolute Gasteiger partial charge is 0.203 e. The van der Waals surface area contributed by atoms with Crippen LogP contribution in [0.1, 0.15) is 37.7 Å². The molecule has 1 aliphatic heterocycles. The van der Waals surface area contributed by atoms with E-state index in [0.29, 0.717) is 0 Å². The van der Waals surface area contributed by atoms with E-state index in [1.54, 1.807) is 0 Å². The van der Waals surface area contributed by atoms with Crippen molar-refractivity contribution in [1.29, 1.82) is 0 Å². The highest BCUT2D eigenvalue weighted by Crippen LogP contribution is 2.40. The molecule has 3 rings (SSSR count). The highest BCUT2D eigenvalue weighted by Gasteiger charge is 2.33. The summed E-state index contributed by atoms with van der Waals surface area (Å²) in [5.74, 6) is 1.77. The second-order valence-electron chi connectivity index (χ2n) is 5.45. The minimum absolute atomic E-state index is 0.175. The zero-order chi connectivity index (χ0) is 13.5. The Morgan fingerprint density at radius 2 is 2.16 bits per heavy atom. The van der Waals surface area contributed by atoms with Crippen molar-refractivity contribution in [3.05, 3.63) is 35.7 Å². The van der Waals surface area contributed by atoms with Crippen LogP contribution in [0.5, 0.6) is 5.75 Å². The van der Waals surface area contributed by atoms with Gasteiger partial charge in [-0.15, -0.1) is 0 Å². The van der Waals surface area contributed by atoms with Crippen molar-refractivity contribution in [3.8, 4) is 5.75 Å². The third-order valence-corrected chi connectivity index (χ3v) is 3.94. The van der Waals surface area contributed by atoms with Crippen molar-refractivity contribution in [3.63, 3.8) is 0 Å². The molecule has 1 N–H and O–H groups in total. The summed E-state index contributed by atoms with van der Waals surface area (Å²) in [5.41, 5.74) is 1.01. The number of nitrogens with zero attached hydrogens (tertiary/aromatic N) is 2. The Morgan fingerprint density at radius 1 is 1.37 bits per heavy atom. The molecule has 0 saturated carbocycles. The van der Waals surface area contributed by atoms with Gasteiger partial charge in [-0.1, -0.05) is 18.2 Å². The van der Waals surface area contributed by atoms with Crippen LogP contribution in [0, 0.1) is 6.92 Å². The maximum Gasteiger partial charge on any atom is 0.203 e. The Kier molecular flexibility index (Phi) is 2.93. The number of ether oxygens (including phenoxy) is 1. The summed E-state index contributed by atoms with van der Waals surface area (Å²) in [5, 5.41) is 4.35. The van der Waals surface area contributed by atoms with Crippen LogP contribution in [-0.2, 0) is 0 Å². The van der Waals surface area contributed by atoms with E-state index in [1.807, 2.05) is 25.1 Å². The van der Waals surface area contributed by atoms with Crippen molar-refractivity contribution >= 4 is 16.7 Å². The van der Waals surface area contributed by atoms with Crippen molar-refractivity contribution in [1.82, 2.24) is 9.36 Å². The van der Waals surface area contributed by atoms with Gasteiger partial charge in [-0.2, -0.15) is 4.37 Å². The number of hydrogen-bond donors (Lipinski definition) is 1. The molecule has 0 radical (unpaired) electrons. The van der Waals surface area contributed by atoms with E-state index in [4.69, 9.17) is 4.74 Å². The highest BCUT2D eigenvalue weighted by atomic mass is 32.1. The van der Waals surface area contributed by atoms with Crippen LogP contribution in [0.25, 0.3) is 0 Å². The summed E-state index contributed by atoms with van der Waals surface area (Å²) in [6.45, 7) is 6.13. The van der Waals surface area contributed by atoms with Crippen LogP contribution in [-0.4, -0.2) is 15.0 Å². The summed E-state index contributed by atoms with van der Waals surface area (Å²) in [4.78, 5) is 4.38. The molecule has 1 aromatic carbocycles. The van der Waals surface area contributed by atoms with Gasteiger partial charge in [-0.3, -0.25) is 0 Å². The molecule has 1 aromatic heterocycles. The molecule has 5 heteroatoms. The summed E-state index contributed by atoms with van der Waals surface area (Å²) >= 11 is 1.40. The van der Waals surface area contributed by atoms with Crippen LogP contribution < -0.4 is 10.1 Å². The van der Waals surface area contributed by atoms with Crippen molar-refractivity contribution in [2.45, 2.75) is 38.8 Å². The molecular weight excluding hydrogens is 258 g/mol. The molecule has 0 amide bonds. The third kappa shape index (κ3) is 2.56. The Morgan fingerprint density at radius 3 is 2.89 bits per heavy atom. The normalized spacial score (nSPS) is 20.5. The molecule has 1 unspecified atom stereocenters. The molecule has 1 atom stereocenters. The molecule has 4 nitrogen and oxygen atoms in total. The zero-order valence-electron chi connectivity index (χ0n) is 11.3. The summed E-state index contributed by atoms with van der Waals surface area (Å²) < 4.78 is 10.2. The van der Waals surface area contributed by atoms with E-state index in [0.717, 1.165) is 23.1 Å². The predicted octanol–water partition coefficient (Wildman–Crippen LogP) is 3.56. The molecule has 0 aliphatic carbocycles. The lowest BCUT2D eigenvalue weighted by Gasteiger charge is -2.37.